The number of ether oxygens (including phenoxy) is 1. The number of benzene rings is 2. The molecule has 0 spiro atoms. The van der Waals surface area contributed by atoms with Crippen LogP contribution in [-0.2, 0) is 22.5 Å². The molecule has 0 fully saturated rings. The summed E-state index contributed by atoms with van der Waals surface area (Å²) in [4.78, 5) is 27.5. The average Bonchev–Trinajstić information content (AvgIpc) is 2.66. The van der Waals surface area contributed by atoms with Crippen LogP contribution in [0.1, 0.15) is 57.2 Å². The molecule has 0 bridgehead atoms. The second-order valence-electron chi connectivity index (χ2n) is 8.86. The van der Waals surface area contributed by atoms with Gasteiger partial charge in [-0.25, -0.2) is 4.79 Å². The lowest BCUT2D eigenvalue weighted by Gasteiger charge is -2.36. The van der Waals surface area contributed by atoms with Crippen LogP contribution in [0.4, 0.5) is 10.5 Å². The van der Waals surface area contributed by atoms with Gasteiger partial charge in [0, 0.05) is 12.1 Å². The number of nitrogens with zero attached hydrogens (tertiary/aromatic N) is 1. The summed E-state index contributed by atoms with van der Waals surface area (Å²) in [6.07, 6.45) is -0.00647. The number of rotatable bonds is 3. The molecule has 1 unspecified atom stereocenters. The van der Waals surface area contributed by atoms with Crippen LogP contribution in [-0.4, -0.2) is 28.5 Å². The van der Waals surface area contributed by atoms with Crippen LogP contribution in [0.5, 0.6) is 0 Å². The predicted octanol–water partition coefficient (Wildman–Crippen LogP) is 5.11. The molecule has 1 aliphatic rings. The number of carbonyl (C=O) groups is 2. The zero-order valence-corrected chi connectivity index (χ0v) is 17.9. The summed E-state index contributed by atoms with van der Waals surface area (Å²) in [6, 6.07) is 15.1. The van der Waals surface area contributed by atoms with Crippen molar-refractivity contribution in [1.82, 2.24) is 4.90 Å². The molecule has 0 radical (unpaired) electrons. The van der Waals surface area contributed by atoms with Crippen molar-refractivity contribution in [3.63, 3.8) is 0 Å². The van der Waals surface area contributed by atoms with Gasteiger partial charge in [-0.2, -0.15) is 0 Å². The first-order valence-corrected chi connectivity index (χ1v) is 10.1. The third kappa shape index (κ3) is 5.17. The Morgan fingerprint density at radius 3 is 2.24 bits per heavy atom. The highest BCUT2D eigenvalue weighted by Gasteiger charge is 2.37. The summed E-state index contributed by atoms with van der Waals surface area (Å²) >= 11 is 0. The molecular weight excluding hydrogens is 364 g/mol. The molecule has 0 aliphatic carbocycles. The fraction of sp³-hybridized carbons (Fsp3) is 0.417. The topological polar surface area (TPSA) is 58.6 Å². The zero-order chi connectivity index (χ0) is 21.2. The number of hydrogen-bond donors (Lipinski definition) is 1. The third-order valence-electron chi connectivity index (χ3n) is 5.02. The molecule has 29 heavy (non-hydrogen) atoms. The first-order chi connectivity index (χ1) is 13.6. The van der Waals surface area contributed by atoms with Gasteiger partial charge in [-0.15, -0.1) is 0 Å². The van der Waals surface area contributed by atoms with Crippen molar-refractivity contribution in [2.75, 3.05) is 5.32 Å². The van der Waals surface area contributed by atoms with Gasteiger partial charge in [0.2, 0.25) is 5.91 Å². The molecular formula is C24H30N2O3. The molecule has 5 nitrogen and oxygen atoms in total. The third-order valence-corrected chi connectivity index (χ3v) is 5.02. The minimum Gasteiger partial charge on any atom is -0.444 e. The summed E-state index contributed by atoms with van der Waals surface area (Å²) in [5.74, 6) is 0.222. The maximum absolute atomic E-state index is 13.1. The van der Waals surface area contributed by atoms with Gasteiger partial charge >= 0.3 is 6.09 Å². The van der Waals surface area contributed by atoms with Gasteiger partial charge in [-0.3, -0.25) is 9.69 Å². The van der Waals surface area contributed by atoms with Gasteiger partial charge in [0.05, 0.1) is 6.54 Å². The first kappa shape index (κ1) is 20.9. The lowest BCUT2D eigenvalue weighted by atomic mass is 9.93. The van der Waals surface area contributed by atoms with E-state index in [2.05, 4.69) is 19.2 Å². The van der Waals surface area contributed by atoms with Gasteiger partial charge < -0.3 is 10.1 Å². The van der Waals surface area contributed by atoms with Crippen molar-refractivity contribution in [3.05, 3.63) is 65.2 Å². The molecule has 0 saturated heterocycles. The van der Waals surface area contributed by atoms with Crippen LogP contribution in [0.3, 0.4) is 0 Å². The van der Waals surface area contributed by atoms with E-state index in [4.69, 9.17) is 4.74 Å². The standard InChI is InChI=1S/C24H30N2O3/c1-16(2)17-10-12-20(13-11-17)25-22(27)21-14-18-8-6-7-9-19(18)15-26(21)23(28)29-24(3,4)5/h6-13,16,21H,14-15H2,1-5H3,(H,25,27). The molecule has 0 aromatic heterocycles. The molecule has 154 valence electrons. The van der Waals surface area contributed by atoms with E-state index in [-0.39, 0.29) is 5.91 Å². The van der Waals surface area contributed by atoms with Gasteiger partial charge in [0.15, 0.2) is 0 Å². The van der Waals surface area contributed by atoms with Crippen LogP contribution < -0.4 is 5.32 Å². The second-order valence-corrected chi connectivity index (χ2v) is 8.86. The Kier molecular flexibility index (Phi) is 5.96. The zero-order valence-electron chi connectivity index (χ0n) is 17.9. The van der Waals surface area contributed by atoms with Crippen LogP contribution in [0.2, 0.25) is 0 Å². The lowest BCUT2D eigenvalue weighted by molar-refractivity contribution is -0.121. The molecule has 3 rings (SSSR count). The highest BCUT2D eigenvalue weighted by Crippen LogP contribution is 2.26. The molecule has 1 aliphatic heterocycles. The van der Waals surface area contributed by atoms with Crippen LogP contribution in [0, 0.1) is 0 Å². The van der Waals surface area contributed by atoms with Crippen molar-refractivity contribution in [3.8, 4) is 0 Å². The number of fused-ring (bicyclic) bond motifs is 1. The first-order valence-electron chi connectivity index (χ1n) is 10.1. The Morgan fingerprint density at radius 2 is 1.66 bits per heavy atom. The van der Waals surface area contributed by atoms with E-state index in [1.165, 1.54) is 10.5 Å². The molecule has 2 aromatic rings. The molecule has 0 saturated carbocycles. The van der Waals surface area contributed by atoms with E-state index < -0.39 is 17.7 Å². The number of anilines is 1. The fourth-order valence-corrected chi connectivity index (χ4v) is 3.45. The lowest BCUT2D eigenvalue weighted by Crippen LogP contribution is -2.52. The number of carbonyl (C=O) groups excluding carboxylic acids is 2. The van der Waals surface area contributed by atoms with E-state index in [1.807, 2.05) is 69.3 Å². The number of nitrogens with one attached hydrogen (secondary N) is 1. The molecule has 2 aromatic carbocycles. The maximum Gasteiger partial charge on any atom is 0.411 e. The number of amides is 2. The van der Waals surface area contributed by atoms with E-state index in [1.54, 1.807) is 0 Å². The van der Waals surface area contributed by atoms with Crippen LogP contribution >= 0.6 is 0 Å². The molecule has 2 amide bonds. The molecule has 5 heteroatoms. The van der Waals surface area contributed by atoms with Gasteiger partial charge in [-0.1, -0.05) is 50.2 Å². The predicted molar refractivity (Wildman–Crippen MR) is 115 cm³/mol. The summed E-state index contributed by atoms with van der Waals surface area (Å²) in [5.41, 5.74) is 3.44. The largest absolute Gasteiger partial charge is 0.444 e. The Bertz CT molecular complexity index is 882. The minimum absolute atomic E-state index is 0.206. The average molecular weight is 395 g/mol. The Labute approximate surface area is 173 Å². The maximum atomic E-state index is 13.1. The quantitative estimate of drug-likeness (QED) is 0.787. The normalized spacial score (nSPS) is 16.3. The fourth-order valence-electron chi connectivity index (χ4n) is 3.45. The summed E-state index contributed by atoms with van der Waals surface area (Å²) in [6.45, 7) is 10.1. The van der Waals surface area contributed by atoms with E-state index in [0.717, 1.165) is 16.8 Å². The smallest absolute Gasteiger partial charge is 0.411 e. The van der Waals surface area contributed by atoms with Crippen molar-refractivity contribution in [2.24, 2.45) is 0 Å². The Hall–Kier alpha value is -2.82. The van der Waals surface area contributed by atoms with E-state index >= 15 is 0 Å². The molecule has 1 heterocycles. The monoisotopic (exact) mass is 394 g/mol. The SMILES string of the molecule is CC(C)c1ccc(NC(=O)C2Cc3ccccc3CN2C(=O)OC(C)(C)C)cc1. The van der Waals surface area contributed by atoms with E-state index in [9.17, 15) is 9.59 Å². The van der Waals surface area contributed by atoms with Gasteiger partial charge in [0.1, 0.15) is 11.6 Å². The van der Waals surface area contributed by atoms with E-state index in [0.29, 0.717) is 18.9 Å². The van der Waals surface area contributed by atoms with Crippen molar-refractivity contribution in [2.45, 2.75) is 65.1 Å². The van der Waals surface area contributed by atoms with Crippen molar-refractivity contribution in [1.29, 1.82) is 0 Å². The highest BCUT2D eigenvalue weighted by atomic mass is 16.6. The number of hydrogen-bond acceptors (Lipinski definition) is 3. The Morgan fingerprint density at radius 1 is 1.03 bits per heavy atom. The van der Waals surface area contributed by atoms with Crippen molar-refractivity contribution >= 4 is 17.7 Å². The molecule has 1 atom stereocenters. The second kappa shape index (κ2) is 8.27. The van der Waals surface area contributed by atoms with Crippen LogP contribution in [0.15, 0.2) is 48.5 Å². The summed E-state index contributed by atoms with van der Waals surface area (Å²) in [7, 11) is 0. The van der Waals surface area contributed by atoms with Crippen molar-refractivity contribution < 1.29 is 14.3 Å². The highest BCUT2D eigenvalue weighted by molar-refractivity contribution is 5.97. The van der Waals surface area contributed by atoms with Gasteiger partial charge in [-0.05, 0) is 55.5 Å². The van der Waals surface area contributed by atoms with Gasteiger partial charge in [0.25, 0.3) is 0 Å². The summed E-state index contributed by atoms with van der Waals surface area (Å²) in [5, 5.41) is 2.97. The molecule has 1 N–H and O–H groups in total. The minimum atomic E-state index is -0.623. The summed E-state index contributed by atoms with van der Waals surface area (Å²) < 4.78 is 5.57. The Balaban J connectivity index is 1.82. The van der Waals surface area contributed by atoms with Crippen LogP contribution in [0.25, 0.3) is 0 Å².